The van der Waals surface area contributed by atoms with E-state index in [2.05, 4.69) is 15.8 Å². The Morgan fingerprint density at radius 1 is 1.37 bits per heavy atom. The highest BCUT2D eigenvalue weighted by Crippen LogP contribution is 2.10. The van der Waals surface area contributed by atoms with Crippen LogP contribution in [-0.4, -0.2) is 47.8 Å². The molecule has 3 N–H and O–H groups in total. The number of rotatable bonds is 7. The van der Waals surface area contributed by atoms with Crippen LogP contribution in [0.3, 0.4) is 0 Å². The molecule has 0 bridgehead atoms. The fraction of sp³-hybridized carbons (Fsp3) is 0.636. The third kappa shape index (κ3) is 4.94. The maximum atomic E-state index is 11.6. The number of nitrogens with one attached hydrogen (secondary N) is 2. The monoisotopic (exact) mass is 271 g/mol. The van der Waals surface area contributed by atoms with Crippen LogP contribution in [0.25, 0.3) is 0 Å². The molecule has 0 saturated heterocycles. The molecule has 1 heterocycles. The van der Waals surface area contributed by atoms with Crippen LogP contribution in [0.1, 0.15) is 26.2 Å². The van der Waals surface area contributed by atoms with Gasteiger partial charge in [0, 0.05) is 25.9 Å². The van der Waals surface area contributed by atoms with E-state index in [0.29, 0.717) is 6.54 Å². The van der Waals surface area contributed by atoms with Crippen molar-refractivity contribution < 1.29 is 24.3 Å². The van der Waals surface area contributed by atoms with Crippen molar-refractivity contribution in [2.45, 2.75) is 32.3 Å². The van der Waals surface area contributed by atoms with Crippen LogP contribution in [0.2, 0.25) is 0 Å². The Morgan fingerprint density at radius 2 is 2.11 bits per heavy atom. The zero-order valence-electron chi connectivity index (χ0n) is 10.6. The first-order chi connectivity index (χ1) is 9.04. The van der Waals surface area contributed by atoms with Crippen LogP contribution in [0.5, 0.6) is 0 Å². The van der Waals surface area contributed by atoms with Crippen molar-refractivity contribution in [2.75, 3.05) is 13.1 Å². The zero-order valence-corrected chi connectivity index (χ0v) is 10.6. The first-order valence-corrected chi connectivity index (χ1v) is 6.05. The largest absolute Gasteiger partial charge is 0.477 e. The van der Waals surface area contributed by atoms with Gasteiger partial charge in [0.1, 0.15) is 0 Å². The van der Waals surface area contributed by atoms with Gasteiger partial charge in [0.15, 0.2) is 5.71 Å². The predicted molar refractivity (Wildman–Crippen MR) is 65.5 cm³/mol. The van der Waals surface area contributed by atoms with Crippen molar-refractivity contribution in [3.8, 4) is 0 Å². The summed E-state index contributed by atoms with van der Waals surface area (Å²) in [6.45, 7) is 2.73. The van der Waals surface area contributed by atoms with E-state index in [0.717, 1.165) is 6.42 Å². The maximum absolute atomic E-state index is 11.6. The van der Waals surface area contributed by atoms with Crippen LogP contribution in [0, 0.1) is 0 Å². The predicted octanol–water partition coefficient (Wildman–Crippen LogP) is -0.752. The molecular weight excluding hydrogens is 254 g/mol. The SMILES string of the molecule is CCCNC(=O)CCNC(=O)C1CC(C(=O)O)=NO1. The third-order valence-corrected chi connectivity index (χ3v) is 2.43. The van der Waals surface area contributed by atoms with E-state index in [9.17, 15) is 14.4 Å². The number of carbonyl (C=O) groups excluding carboxylic acids is 2. The van der Waals surface area contributed by atoms with Gasteiger partial charge in [0.2, 0.25) is 12.0 Å². The molecule has 2 amide bonds. The maximum Gasteiger partial charge on any atom is 0.353 e. The topological polar surface area (TPSA) is 117 Å². The van der Waals surface area contributed by atoms with Crippen LogP contribution in [0.15, 0.2) is 5.16 Å². The van der Waals surface area contributed by atoms with Crippen LogP contribution in [0.4, 0.5) is 0 Å². The van der Waals surface area contributed by atoms with Crippen molar-refractivity contribution >= 4 is 23.5 Å². The number of nitrogens with zero attached hydrogens (tertiary/aromatic N) is 1. The summed E-state index contributed by atoms with van der Waals surface area (Å²) in [7, 11) is 0. The van der Waals surface area contributed by atoms with Crippen molar-refractivity contribution in [3.63, 3.8) is 0 Å². The molecule has 1 aliphatic heterocycles. The standard InChI is InChI=1S/C11H17N3O5/c1-2-4-12-9(15)3-5-13-10(16)8-6-7(11(17)18)14-19-8/h8H,2-6H2,1H3,(H,12,15)(H,13,16)(H,17,18). The third-order valence-electron chi connectivity index (χ3n) is 2.43. The number of carboxylic acids is 1. The minimum atomic E-state index is -1.20. The Bertz CT molecular complexity index is 394. The minimum Gasteiger partial charge on any atom is -0.477 e. The van der Waals surface area contributed by atoms with Crippen molar-refractivity contribution in [1.29, 1.82) is 0 Å². The number of oxime groups is 1. The van der Waals surface area contributed by atoms with Gasteiger partial charge in [-0.3, -0.25) is 9.59 Å². The zero-order chi connectivity index (χ0) is 14.3. The lowest BCUT2D eigenvalue weighted by molar-refractivity contribution is -0.131. The average Bonchev–Trinajstić information content (AvgIpc) is 2.86. The fourth-order valence-corrected chi connectivity index (χ4v) is 1.41. The molecule has 0 radical (unpaired) electrons. The van der Waals surface area contributed by atoms with E-state index in [1.54, 1.807) is 0 Å². The number of amides is 2. The molecule has 8 heteroatoms. The van der Waals surface area contributed by atoms with Crippen molar-refractivity contribution in [3.05, 3.63) is 0 Å². The number of carbonyl (C=O) groups is 3. The molecule has 106 valence electrons. The second kappa shape index (κ2) is 7.34. The van der Waals surface area contributed by atoms with E-state index in [4.69, 9.17) is 9.94 Å². The van der Waals surface area contributed by atoms with Gasteiger partial charge in [-0.2, -0.15) is 0 Å². The minimum absolute atomic E-state index is 0.0663. The average molecular weight is 271 g/mol. The second-order valence-electron chi connectivity index (χ2n) is 4.03. The summed E-state index contributed by atoms with van der Waals surface area (Å²) in [5.41, 5.74) is -0.180. The Hall–Kier alpha value is -2.12. The summed E-state index contributed by atoms with van der Waals surface area (Å²) >= 11 is 0. The quantitative estimate of drug-likeness (QED) is 0.563. The van der Waals surface area contributed by atoms with Crippen molar-refractivity contribution in [1.82, 2.24) is 10.6 Å². The van der Waals surface area contributed by atoms with Gasteiger partial charge >= 0.3 is 5.97 Å². The highest BCUT2D eigenvalue weighted by molar-refractivity contribution is 6.36. The number of hydrogen-bond acceptors (Lipinski definition) is 5. The number of hydrogen-bond donors (Lipinski definition) is 3. The molecule has 0 spiro atoms. The molecule has 1 atom stereocenters. The molecule has 1 rings (SSSR count). The van der Waals surface area contributed by atoms with Gasteiger partial charge in [-0.15, -0.1) is 0 Å². The smallest absolute Gasteiger partial charge is 0.353 e. The lowest BCUT2D eigenvalue weighted by Crippen LogP contribution is -2.37. The van der Waals surface area contributed by atoms with E-state index >= 15 is 0 Å². The van der Waals surface area contributed by atoms with Crippen molar-refractivity contribution in [2.24, 2.45) is 5.16 Å². The summed E-state index contributed by atoms with van der Waals surface area (Å²) < 4.78 is 0. The highest BCUT2D eigenvalue weighted by atomic mass is 16.6. The van der Waals surface area contributed by atoms with Crippen LogP contribution >= 0.6 is 0 Å². The second-order valence-corrected chi connectivity index (χ2v) is 4.03. The van der Waals surface area contributed by atoms with Crippen LogP contribution < -0.4 is 10.6 Å². The van der Waals surface area contributed by atoms with Gasteiger partial charge in [0.25, 0.3) is 5.91 Å². The van der Waals surface area contributed by atoms with Gasteiger partial charge in [-0.05, 0) is 6.42 Å². The molecule has 0 aromatic rings. The van der Waals surface area contributed by atoms with Gasteiger partial charge in [0.05, 0.1) is 0 Å². The Morgan fingerprint density at radius 3 is 2.68 bits per heavy atom. The van der Waals surface area contributed by atoms with E-state index in [1.165, 1.54) is 0 Å². The normalized spacial score (nSPS) is 17.3. The Labute approximate surface area is 110 Å². The molecule has 0 aliphatic carbocycles. The summed E-state index contributed by atoms with van der Waals surface area (Å²) in [4.78, 5) is 38.1. The number of aliphatic carboxylic acids is 1. The molecule has 0 saturated carbocycles. The van der Waals surface area contributed by atoms with E-state index in [1.807, 2.05) is 6.92 Å². The lowest BCUT2D eigenvalue weighted by Gasteiger charge is -2.09. The van der Waals surface area contributed by atoms with Crippen LogP contribution in [-0.2, 0) is 19.2 Å². The molecule has 0 fully saturated rings. The summed E-state index contributed by atoms with van der Waals surface area (Å²) in [5, 5.41) is 17.1. The number of carboxylic acid groups (broad SMARTS) is 1. The Kier molecular flexibility index (Phi) is 5.77. The summed E-state index contributed by atoms with van der Waals surface area (Å²) in [5.74, 6) is -1.81. The van der Waals surface area contributed by atoms with Gasteiger partial charge in [-0.25, -0.2) is 4.79 Å². The first kappa shape index (κ1) is 14.9. The Balaban J connectivity index is 2.19. The molecule has 1 aliphatic rings. The summed E-state index contributed by atoms with van der Waals surface area (Å²) in [6.07, 6.45) is 0.0299. The van der Waals surface area contributed by atoms with Gasteiger partial charge in [-0.1, -0.05) is 12.1 Å². The highest BCUT2D eigenvalue weighted by Gasteiger charge is 2.31. The molecule has 19 heavy (non-hydrogen) atoms. The van der Waals surface area contributed by atoms with Gasteiger partial charge < -0.3 is 20.6 Å². The van der Waals surface area contributed by atoms with E-state index < -0.39 is 18.0 Å². The summed E-state index contributed by atoms with van der Waals surface area (Å²) in [6, 6.07) is 0. The fourth-order valence-electron chi connectivity index (χ4n) is 1.41. The molecule has 1 unspecified atom stereocenters. The molecular formula is C11H17N3O5. The first-order valence-electron chi connectivity index (χ1n) is 6.05. The molecule has 8 nitrogen and oxygen atoms in total. The lowest BCUT2D eigenvalue weighted by atomic mass is 10.1. The van der Waals surface area contributed by atoms with E-state index in [-0.39, 0.29) is 31.0 Å². The molecule has 0 aromatic heterocycles. The molecule has 0 aromatic carbocycles.